The Kier molecular flexibility index (Phi) is 6.81. The van der Waals surface area contributed by atoms with E-state index >= 15 is 0 Å². The lowest BCUT2D eigenvalue weighted by Gasteiger charge is -2.14. The van der Waals surface area contributed by atoms with Crippen molar-refractivity contribution in [3.8, 4) is 5.75 Å². The van der Waals surface area contributed by atoms with Crippen molar-refractivity contribution in [2.24, 2.45) is 0 Å². The van der Waals surface area contributed by atoms with Gasteiger partial charge in [0.25, 0.3) is 0 Å². The highest BCUT2D eigenvalue weighted by Gasteiger charge is 2.06. The Morgan fingerprint density at radius 1 is 1.14 bits per heavy atom. The second-order valence-corrected chi connectivity index (χ2v) is 4.34. The highest BCUT2D eigenvalue weighted by molar-refractivity contribution is 5.88. The van der Waals surface area contributed by atoms with Gasteiger partial charge < -0.3 is 4.74 Å². The minimum absolute atomic E-state index is 0.177. The van der Waals surface area contributed by atoms with Crippen LogP contribution in [0.5, 0.6) is 5.75 Å². The van der Waals surface area contributed by atoms with Gasteiger partial charge in [0.2, 0.25) is 11.8 Å². The fraction of sp³-hybridized carbons (Fsp3) is 0.200. The third-order valence-corrected chi connectivity index (χ3v) is 2.61. The number of amides is 2. The van der Waals surface area contributed by atoms with Crippen molar-refractivity contribution in [3.05, 3.63) is 42.5 Å². The highest BCUT2D eigenvalue weighted by atomic mass is 16.6. The van der Waals surface area contributed by atoms with Crippen molar-refractivity contribution in [2.75, 3.05) is 6.73 Å². The number of benzene rings is 2. The molecule has 0 bridgehead atoms. The van der Waals surface area contributed by atoms with Crippen molar-refractivity contribution in [1.82, 2.24) is 10.5 Å². The van der Waals surface area contributed by atoms with Gasteiger partial charge >= 0.3 is 0 Å². The van der Waals surface area contributed by atoms with Crippen LogP contribution in [-0.2, 0) is 9.59 Å². The zero-order valence-electron chi connectivity index (χ0n) is 12.3. The van der Waals surface area contributed by atoms with Crippen LogP contribution in [0.1, 0.15) is 13.8 Å². The number of hydrogen-bond acceptors (Lipinski definition) is 5. The molecule has 7 heteroatoms. The number of nitrogens with one attached hydrogen (secondary N) is 1. The van der Waals surface area contributed by atoms with Gasteiger partial charge in [0.1, 0.15) is 5.75 Å². The zero-order chi connectivity index (χ0) is 16.5. The molecule has 0 fully saturated rings. The Morgan fingerprint density at radius 2 is 1.73 bits per heavy atom. The minimum Gasteiger partial charge on any atom is -0.470 e. The first kappa shape index (κ1) is 17.4. The first-order valence-corrected chi connectivity index (χ1v) is 6.44. The molecule has 0 aliphatic heterocycles. The van der Waals surface area contributed by atoms with Gasteiger partial charge in [0, 0.05) is 19.2 Å². The van der Waals surface area contributed by atoms with E-state index in [4.69, 9.17) is 9.94 Å². The summed E-state index contributed by atoms with van der Waals surface area (Å²) in [5.41, 5.74) is 1.39. The van der Waals surface area contributed by atoms with Crippen LogP contribution in [0.4, 0.5) is 0 Å². The minimum atomic E-state index is -0.453. The average molecular weight is 306 g/mol. The summed E-state index contributed by atoms with van der Waals surface area (Å²) in [6.07, 6.45) is 0. The Morgan fingerprint density at radius 3 is 2.32 bits per heavy atom. The number of carbonyl (C=O) groups excluding carboxylic acids is 2. The molecule has 0 radical (unpaired) electrons. The standard InChI is InChI=1S/C13H13NO3.C2H5NO2/c1-10(15)14(16)9-17-13-8-4-6-11-5-2-3-7-12(11)13;1-2(4)3-5/h2-8,16H,9H2,1H3;5H,1H3,(H,3,4). The molecule has 3 N–H and O–H groups in total. The molecule has 0 heterocycles. The van der Waals surface area contributed by atoms with Crippen molar-refractivity contribution in [2.45, 2.75) is 13.8 Å². The summed E-state index contributed by atoms with van der Waals surface area (Å²) >= 11 is 0. The molecule has 0 spiro atoms. The first-order valence-electron chi connectivity index (χ1n) is 6.44. The van der Waals surface area contributed by atoms with E-state index in [2.05, 4.69) is 0 Å². The van der Waals surface area contributed by atoms with Crippen LogP contribution < -0.4 is 10.2 Å². The summed E-state index contributed by atoms with van der Waals surface area (Å²) < 4.78 is 5.40. The lowest BCUT2D eigenvalue weighted by atomic mass is 10.1. The summed E-state index contributed by atoms with van der Waals surface area (Å²) in [7, 11) is 0. The second kappa shape index (κ2) is 8.60. The summed E-state index contributed by atoms with van der Waals surface area (Å²) in [6.45, 7) is 2.32. The molecular formula is C15H18N2O5. The van der Waals surface area contributed by atoms with Gasteiger partial charge in [-0.25, -0.2) is 5.48 Å². The zero-order valence-corrected chi connectivity index (χ0v) is 12.3. The lowest BCUT2D eigenvalue weighted by molar-refractivity contribution is -0.174. The molecule has 118 valence electrons. The molecule has 2 aromatic rings. The number of fused-ring (bicyclic) bond motifs is 1. The van der Waals surface area contributed by atoms with Gasteiger partial charge in [-0.3, -0.25) is 20.0 Å². The monoisotopic (exact) mass is 306 g/mol. The van der Waals surface area contributed by atoms with E-state index in [0.717, 1.165) is 10.8 Å². The van der Waals surface area contributed by atoms with Crippen LogP contribution >= 0.6 is 0 Å². The summed E-state index contributed by atoms with van der Waals surface area (Å²) in [4.78, 5) is 20.3. The molecule has 7 nitrogen and oxygen atoms in total. The molecule has 0 unspecified atom stereocenters. The van der Waals surface area contributed by atoms with Gasteiger partial charge in [-0.2, -0.15) is 5.06 Å². The molecule has 2 aromatic carbocycles. The first-order chi connectivity index (χ1) is 10.5. The van der Waals surface area contributed by atoms with Crippen LogP contribution in [-0.4, -0.2) is 34.0 Å². The Balaban J connectivity index is 0.000000422. The number of carbonyl (C=O) groups is 2. The van der Waals surface area contributed by atoms with E-state index in [1.807, 2.05) is 36.4 Å². The van der Waals surface area contributed by atoms with Crippen molar-refractivity contribution in [3.63, 3.8) is 0 Å². The van der Waals surface area contributed by atoms with Crippen molar-refractivity contribution >= 4 is 22.6 Å². The third kappa shape index (κ3) is 5.39. The number of hydroxylamine groups is 3. The van der Waals surface area contributed by atoms with E-state index in [1.54, 1.807) is 6.07 Å². The Hall–Kier alpha value is -2.64. The average Bonchev–Trinajstić information content (AvgIpc) is 2.52. The highest BCUT2D eigenvalue weighted by Crippen LogP contribution is 2.25. The van der Waals surface area contributed by atoms with Crippen molar-refractivity contribution in [1.29, 1.82) is 0 Å². The maximum Gasteiger partial charge on any atom is 0.245 e. The van der Waals surface area contributed by atoms with Gasteiger partial charge in [-0.05, 0) is 11.5 Å². The molecule has 22 heavy (non-hydrogen) atoms. The quantitative estimate of drug-likeness (QED) is 0.457. The number of hydrogen-bond donors (Lipinski definition) is 3. The van der Waals surface area contributed by atoms with Gasteiger partial charge in [0.05, 0.1) is 0 Å². The lowest BCUT2D eigenvalue weighted by Crippen LogP contribution is -2.28. The van der Waals surface area contributed by atoms with Crippen LogP contribution in [0.2, 0.25) is 0 Å². The molecular weight excluding hydrogens is 288 g/mol. The van der Waals surface area contributed by atoms with E-state index < -0.39 is 11.8 Å². The number of nitrogens with zero attached hydrogens (tertiary/aromatic N) is 1. The maximum absolute atomic E-state index is 10.8. The van der Waals surface area contributed by atoms with Gasteiger partial charge in [0.15, 0.2) is 6.73 Å². The Labute approximate surface area is 127 Å². The molecule has 0 aliphatic carbocycles. The van der Waals surface area contributed by atoms with Gasteiger partial charge in [-0.15, -0.1) is 0 Å². The molecule has 0 saturated carbocycles. The molecule has 0 atom stereocenters. The molecule has 0 saturated heterocycles. The normalized spacial score (nSPS) is 9.45. The van der Waals surface area contributed by atoms with E-state index in [0.29, 0.717) is 10.8 Å². The van der Waals surface area contributed by atoms with Crippen LogP contribution in [0.3, 0.4) is 0 Å². The topological polar surface area (TPSA) is 99.1 Å². The van der Waals surface area contributed by atoms with Crippen LogP contribution in [0, 0.1) is 0 Å². The maximum atomic E-state index is 10.8. The van der Waals surface area contributed by atoms with Crippen LogP contribution in [0.25, 0.3) is 10.8 Å². The van der Waals surface area contributed by atoms with Gasteiger partial charge in [-0.1, -0.05) is 36.4 Å². The molecule has 0 aromatic heterocycles. The smallest absolute Gasteiger partial charge is 0.245 e. The summed E-state index contributed by atoms with van der Waals surface area (Å²) in [5, 5.41) is 19.3. The summed E-state index contributed by atoms with van der Waals surface area (Å²) in [5.74, 6) is -0.251. The molecule has 2 amide bonds. The molecule has 0 aliphatic rings. The number of rotatable bonds is 3. The molecule has 2 rings (SSSR count). The van der Waals surface area contributed by atoms with Crippen molar-refractivity contribution < 1.29 is 24.7 Å². The predicted octanol–water partition coefficient (Wildman–Crippen LogP) is 1.93. The fourth-order valence-electron chi connectivity index (χ4n) is 1.54. The third-order valence-electron chi connectivity index (χ3n) is 2.61. The second-order valence-electron chi connectivity index (χ2n) is 4.34. The fourth-order valence-corrected chi connectivity index (χ4v) is 1.54. The largest absolute Gasteiger partial charge is 0.470 e. The number of ether oxygens (including phenoxy) is 1. The SMILES string of the molecule is CC(=O)N(O)COc1cccc2ccccc12.CC(=O)NO. The van der Waals surface area contributed by atoms with E-state index in [9.17, 15) is 14.8 Å². The van der Waals surface area contributed by atoms with E-state index in [1.165, 1.54) is 19.3 Å². The van der Waals surface area contributed by atoms with E-state index in [-0.39, 0.29) is 6.73 Å². The summed E-state index contributed by atoms with van der Waals surface area (Å²) in [6, 6.07) is 13.4. The van der Waals surface area contributed by atoms with Crippen LogP contribution in [0.15, 0.2) is 42.5 Å². The Bertz CT molecular complexity index is 639. The predicted molar refractivity (Wildman–Crippen MR) is 79.4 cm³/mol.